The number of hydrogen-bond donors (Lipinski definition) is 1. The van der Waals surface area contributed by atoms with Crippen LogP contribution < -0.4 is 5.32 Å². The highest BCUT2D eigenvalue weighted by Gasteiger charge is 2.13. The van der Waals surface area contributed by atoms with Gasteiger partial charge < -0.3 is 5.32 Å². The van der Waals surface area contributed by atoms with Crippen LogP contribution in [0.25, 0.3) is 11.1 Å². The highest BCUT2D eigenvalue weighted by molar-refractivity contribution is 5.67. The maximum Gasteiger partial charge on any atom is 0.194 e. The Kier molecular flexibility index (Phi) is 4.79. The van der Waals surface area contributed by atoms with Crippen molar-refractivity contribution in [1.82, 2.24) is 5.32 Å². The van der Waals surface area contributed by atoms with Crippen LogP contribution in [-0.2, 0) is 6.54 Å². The zero-order valence-corrected chi connectivity index (χ0v) is 11.2. The number of rotatable bonds is 5. The molecule has 0 aliphatic rings. The molecule has 4 heteroatoms. The maximum atomic E-state index is 13.3. The fourth-order valence-electron chi connectivity index (χ4n) is 2.07. The Balaban J connectivity index is 2.37. The third-order valence-electron chi connectivity index (χ3n) is 3.05. The van der Waals surface area contributed by atoms with E-state index in [1.807, 2.05) is 12.1 Å². The van der Waals surface area contributed by atoms with Gasteiger partial charge in [-0.3, -0.25) is 0 Å². The van der Waals surface area contributed by atoms with Gasteiger partial charge in [-0.15, -0.1) is 0 Å². The Bertz CT molecular complexity index is 573. The minimum absolute atomic E-state index is 0.343. The van der Waals surface area contributed by atoms with Crippen molar-refractivity contribution < 1.29 is 13.2 Å². The molecule has 0 amide bonds. The molecule has 0 unspecified atom stereocenters. The first-order chi connectivity index (χ1) is 9.63. The summed E-state index contributed by atoms with van der Waals surface area (Å²) in [6, 6.07) is 9.36. The normalized spacial score (nSPS) is 10.8. The van der Waals surface area contributed by atoms with E-state index in [1.54, 1.807) is 12.1 Å². The van der Waals surface area contributed by atoms with E-state index in [9.17, 15) is 13.2 Å². The Labute approximate surface area is 116 Å². The van der Waals surface area contributed by atoms with Gasteiger partial charge in [0.25, 0.3) is 0 Å². The smallest absolute Gasteiger partial charge is 0.194 e. The van der Waals surface area contributed by atoms with Gasteiger partial charge in [-0.05, 0) is 41.8 Å². The van der Waals surface area contributed by atoms with Gasteiger partial charge in [0.15, 0.2) is 17.5 Å². The largest absolute Gasteiger partial charge is 0.313 e. The zero-order chi connectivity index (χ0) is 14.5. The number of halogens is 3. The van der Waals surface area contributed by atoms with Crippen LogP contribution in [0.3, 0.4) is 0 Å². The predicted molar refractivity (Wildman–Crippen MR) is 73.7 cm³/mol. The second-order valence-corrected chi connectivity index (χ2v) is 4.59. The number of benzene rings is 2. The lowest BCUT2D eigenvalue weighted by molar-refractivity contribution is 0.447. The summed E-state index contributed by atoms with van der Waals surface area (Å²) in [5.41, 5.74) is 1.97. The summed E-state index contributed by atoms with van der Waals surface area (Å²) in [7, 11) is 0. The molecule has 0 aliphatic heterocycles. The van der Waals surface area contributed by atoms with Gasteiger partial charge in [-0.1, -0.05) is 31.2 Å². The van der Waals surface area contributed by atoms with E-state index in [2.05, 4.69) is 12.2 Å². The van der Waals surface area contributed by atoms with E-state index < -0.39 is 17.5 Å². The van der Waals surface area contributed by atoms with Crippen LogP contribution in [0, 0.1) is 17.5 Å². The van der Waals surface area contributed by atoms with E-state index >= 15 is 0 Å². The van der Waals surface area contributed by atoms with Crippen LogP contribution in [0.4, 0.5) is 13.2 Å². The summed E-state index contributed by atoms with van der Waals surface area (Å²) in [5.74, 6) is -3.78. The minimum Gasteiger partial charge on any atom is -0.313 e. The van der Waals surface area contributed by atoms with Crippen molar-refractivity contribution >= 4 is 0 Å². The average molecular weight is 279 g/mol. The third-order valence-corrected chi connectivity index (χ3v) is 3.05. The third kappa shape index (κ3) is 3.20. The molecule has 20 heavy (non-hydrogen) atoms. The van der Waals surface area contributed by atoms with Crippen molar-refractivity contribution in [3.05, 3.63) is 59.4 Å². The molecule has 106 valence electrons. The van der Waals surface area contributed by atoms with Crippen LogP contribution in [0.15, 0.2) is 36.4 Å². The van der Waals surface area contributed by atoms with Crippen LogP contribution >= 0.6 is 0 Å². The van der Waals surface area contributed by atoms with Gasteiger partial charge >= 0.3 is 0 Å². The van der Waals surface area contributed by atoms with Crippen molar-refractivity contribution in [3.63, 3.8) is 0 Å². The fourth-order valence-corrected chi connectivity index (χ4v) is 2.07. The Hall–Kier alpha value is -1.81. The highest BCUT2D eigenvalue weighted by Crippen LogP contribution is 2.26. The molecule has 2 rings (SSSR count). The van der Waals surface area contributed by atoms with Gasteiger partial charge in [0.2, 0.25) is 0 Å². The standard InChI is InChI=1S/C16H16F3N/c1-2-7-20-10-11-5-3-4-6-13(11)12-8-14(17)16(19)15(18)9-12/h3-6,8-9,20H,2,7,10H2,1H3. The minimum atomic E-state index is -1.43. The van der Waals surface area contributed by atoms with E-state index in [4.69, 9.17) is 0 Å². The van der Waals surface area contributed by atoms with Gasteiger partial charge in [-0.2, -0.15) is 0 Å². The molecule has 0 aromatic heterocycles. The summed E-state index contributed by atoms with van der Waals surface area (Å²) in [6.45, 7) is 3.52. The molecular formula is C16H16F3N. The summed E-state index contributed by atoms with van der Waals surface area (Å²) < 4.78 is 39.7. The van der Waals surface area contributed by atoms with Crippen molar-refractivity contribution in [2.75, 3.05) is 6.54 Å². The molecule has 2 aromatic rings. The molecule has 0 saturated carbocycles. The molecular weight excluding hydrogens is 263 g/mol. The molecule has 0 atom stereocenters. The quantitative estimate of drug-likeness (QED) is 0.636. The molecule has 0 aliphatic carbocycles. The summed E-state index contributed by atoms with van der Waals surface area (Å²) in [5, 5.41) is 3.24. The molecule has 1 N–H and O–H groups in total. The lowest BCUT2D eigenvalue weighted by Crippen LogP contribution is -2.14. The van der Waals surface area contributed by atoms with Gasteiger partial charge in [-0.25, -0.2) is 13.2 Å². The van der Waals surface area contributed by atoms with Crippen LogP contribution in [0.2, 0.25) is 0 Å². The molecule has 0 saturated heterocycles. The topological polar surface area (TPSA) is 12.0 Å². The Morgan fingerprint density at radius 2 is 1.65 bits per heavy atom. The molecule has 0 bridgehead atoms. The monoisotopic (exact) mass is 279 g/mol. The van der Waals surface area contributed by atoms with Crippen molar-refractivity contribution in [2.45, 2.75) is 19.9 Å². The van der Waals surface area contributed by atoms with Crippen LogP contribution in [-0.4, -0.2) is 6.54 Å². The average Bonchev–Trinajstić information content (AvgIpc) is 2.45. The molecule has 0 fully saturated rings. The number of hydrogen-bond acceptors (Lipinski definition) is 1. The SMILES string of the molecule is CCCNCc1ccccc1-c1cc(F)c(F)c(F)c1. The molecule has 1 nitrogen and oxygen atoms in total. The second kappa shape index (κ2) is 6.57. The summed E-state index contributed by atoms with van der Waals surface area (Å²) in [6.07, 6.45) is 1.00. The van der Waals surface area contributed by atoms with E-state index in [0.717, 1.165) is 30.7 Å². The molecule has 0 heterocycles. The van der Waals surface area contributed by atoms with Crippen LogP contribution in [0.1, 0.15) is 18.9 Å². The first-order valence-corrected chi connectivity index (χ1v) is 6.57. The van der Waals surface area contributed by atoms with E-state index in [1.165, 1.54) is 0 Å². The van der Waals surface area contributed by atoms with Crippen molar-refractivity contribution in [2.24, 2.45) is 0 Å². The van der Waals surface area contributed by atoms with E-state index in [-0.39, 0.29) is 0 Å². The first-order valence-electron chi connectivity index (χ1n) is 6.57. The number of nitrogens with one attached hydrogen (secondary N) is 1. The van der Waals surface area contributed by atoms with E-state index in [0.29, 0.717) is 17.7 Å². The maximum absolute atomic E-state index is 13.3. The second-order valence-electron chi connectivity index (χ2n) is 4.59. The zero-order valence-electron chi connectivity index (χ0n) is 11.2. The summed E-state index contributed by atoms with van der Waals surface area (Å²) in [4.78, 5) is 0. The van der Waals surface area contributed by atoms with Crippen molar-refractivity contribution in [3.8, 4) is 11.1 Å². The first kappa shape index (κ1) is 14.6. The van der Waals surface area contributed by atoms with Crippen molar-refractivity contribution in [1.29, 1.82) is 0 Å². The lowest BCUT2D eigenvalue weighted by atomic mass is 9.99. The van der Waals surface area contributed by atoms with Gasteiger partial charge in [0.05, 0.1) is 0 Å². The Morgan fingerprint density at radius 1 is 1.00 bits per heavy atom. The molecule has 2 aromatic carbocycles. The molecule has 0 radical (unpaired) electrons. The Morgan fingerprint density at radius 3 is 2.30 bits per heavy atom. The van der Waals surface area contributed by atoms with Gasteiger partial charge in [0.1, 0.15) is 0 Å². The highest BCUT2D eigenvalue weighted by atomic mass is 19.2. The predicted octanol–water partition coefficient (Wildman–Crippen LogP) is 4.27. The fraction of sp³-hybridized carbons (Fsp3) is 0.250. The molecule has 0 spiro atoms. The van der Waals surface area contributed by atoms with Crippen LogP contribution in [0.5, 0.6) is 0 Å². The lowest BCUT2D eigenvalue weighted by Gasteiger charge is -2.11. The van der Waals surface area contributed by atoms with Gasteiger partial charge in [0, 0.05) is 6.54 Å². The summed E-state index contributed by atoms with van der Waals surface area (Å²) >= 11 is 0.